The van der Waals surface area contributed by atoms with E-state index in [-0.39, 0.29) is 0 Å². The zero-order chi connectivity index (χ0) is 20.5. The first-order valence-electron chi connectivity index (χ1n) is 9.45. The first-order chi connectivity index (χ1) is 14.7. The van der Waals surface area contributed by atoms with Crippen LogP contribution in [0, 0.1) is 0 Å². The van der Waals surface area contributed by atoms with E-state index in [1.807, 2.05) is 60.7 Å². The van der Waals surface area contributed by atoms with Crippen LogP contribution in [-0.4, -0.2) is 4.98 Å². The number of rotatable bonds is 4. The molecule has 1 heterocycles. The number of hydrogen-bond acceptors (Lipinski definition) is 3. The molecule has 0 atom stereocenters. The average Bonchev–Trinajstić information content (AvgIpc) is 3.21. The van der Waals surface area contributed by atoms with Crippen LogP contribution >= 0.6 is 31.9 Å². The maximum Gasteiger partial charge on any atom is 0.227 e. The molecule has 0 unspecified atom stereocenters. The van der Waals surface area contributed by atoms with Crippen LogP contribution in [0.3, 0.4) is 0 Å². The lowest BCUT2D eigenvalue weighted by atomic mass is 10.1. The maximum absolute atomic E-state index is 5.91. The summed E-state index contributed by atoms with van der Waals surface area (Å²) in [5.74, 6) is 0.626. The highest BCUT2D eigenvalue weighted by molar-refractivity contribution is 9.10. The molecule has 4 aromatic carbocycles. The molecule has 0 saturated carbocycles. The Balaban J connectivity index is 1.55. The van der Waals surface area contributed by atoms with Gasteiger partial charge >= 0.3 is 0 Å². The molecule has 0 aliphatic rings. The number of para-hydroxylation sites is 2. The lowest BCUT2D eigenvalue weighted by molar-refractivity contribution is 0.620. The van der Waals surface area contributed by atoms with E-state index in [0.717, 1.165) is 42.7 Å². The monoisotopic (exact) mass is 518 g/mol. The number of oxazole rings is 1. The standard InChI is InChI=1S/C25H16Br2N2O/c26-18-7-13-21(14-8-18)29(22-15-9-19(27)10-16-22)20-11-5-17(6-12-20)25-28-23-3-1-2-4-24(23)30-25/h1-16H. The summed E-state index contributed by atoms with van der Waals surface area (Å²) in [5.41, 5.74) is 5.82. The van der Waals surface area contributed by atoms with E-state index in [1.165, 1.54) is 0 Å². The quantitative estimate of drug-likeness (QED) is 0.238. The number of anilines is 3. The summed E-state index contributed by atoms with van der Waals surface area (Å²) in [6.07, 6.45) is 0. The van der Waals surface area contributed by atoms with Gasteiger partial charge in [0.25, 0.3) is 0 Å². The first-order valence-corrected chi connectivity index (χ1v) is 11.0. The maximum atomic E-state index is 5.91. The molecule has 0 fully saturated rings. The SMILES string of the molecule is Brc1ccc(N(c2ccc(Br)cc2)c2ccc(-c3nc4ccccc4o3)cc2)cc1. The molecule has 0 radical (unpaired) electrons. The second-order valence-corrected chi connectivity index (χ2v) is 8.65. The molecule has 0 aliphatic heterocycles. The molecule has 5 heteroatoms. The Morgan fingerprint density at radius 1 is 0.600 bits per heavy atom. The molecule has 0 saturated heterocycles. The third-order valence-corrected chi connectivity index (χ3v) is 5.89. The summed E-state index contributed by atoms with van der Waals surface area (Å²) < 4.78 is 8.01. The Kier molecular flexibility index (Phi) is 5.15. The van der Waals surface area contributed by atoms with Gasteiger partial charge in [-0.3, -0.25) is 0 Å². The molecule has 0 N–H and O–H groups in total. The van der Waals surface area contributed by atoms with Crippen molar-refractivity contribution in [2.24, 2.45) is 0 Å². The summed E-state index contributed by atoms with van der Waals surface area (Å²) in [7, 11) is 0. The molecular formula is C25H16Br2N2O. The van der Waals surface area contributed by atoms with Gasteiger partial charge in [0.2, 0.25) is 5.89 Å². The molecule has 0 aliphatic carbocycles. The van der Waals surface area contributed by atoms with E-state index in [1.54, 1.807) is 0 Å². The zero-order valence-electron chi connectivity index (χ0n) is 15.8. The molecule has 5 aromatic rings. The second-order valence-electron chi connectivity index (χ2n) is 6.82. The molecular weight excluding hydrogens is 504 g/mol. The van der Waals surface area contributed by atoms with Crippen molar-refractivity contribution in [3.05, 3.63) is 106 Å². The summed E-state index contributed by atoms with van der Waals surface area (Å²) in [5, 5.41) is 0. The number of halogens is 2. The predicted octanol–water partition coefficient (Wildman–Crippen LogP) is 8.49. The highest BCUT2D eigenvalue weighted by atomic mass is 79.9. The van der Waals surface area contributed by atoms with Gasteiger partial charge in [-0.05, 0) is 84.9 Å². The van der Waals surface area contributed by atoms with Gasteiger partial charge in [-0.15, -0.1) is 0 Å². The minimum atomic E-state index is 0.626. The van der Waals surface area contributed by atoms with Crippen LogP contribution in [0.1, 0.15) is 0 Å². The van der Waals surface area contributed by atoms with E-state index in [0.29, 0.717) is 5.89 Å². The molecule has 30 heavy (non-hydrogen) atoms. The fourth-order valence-electron chi connectivity index (χ4n) is 3.38. The highest BCUT2D eigenvalue weighted by Gasteiger charge is 2.14. The topological polar surface area (TPSA) is 29.3 Å². The molecule has 0 spiro atoms. The fraction of sp³-hybridized carbons (Fsp3) is 0. The molecule has 1 aromatic heterocycles. The normalized spacial score (nSPS) is 11.0. The van der Waals surface area contributed by atoms with Crippen LogP contribution in [0.2, 0.25) is 0 Å². The fourth-order valence-corrected chi connectivity index (χ4v) is 3.90. The highest BCUT2D eigenvalue weighted by Crippen LogP contribution is 2.36. The van der Waals surface area contributed by atoms with Gasteiger partial charge in [-0.1, -0.05) is 44.0 Å². The van der Waals surface area contributed by atoms with Gasteiger partial charge < -0.3 is 9.32 Å². The summed E-state index contributed by atoms with van der Waals surface area (Å²) >= 11 is 7.05. The van der Waals surface area contributed by atoms with Crippen LogP contribution in [0.15, 0.2) is 110 Å². The van der Waals surface area contributed by atoms with Crippen molar-refractivity contribution in [2.45, 2.75) is 0 Å². The van der Waals surface area contributed by atoms with Crippen LogP contribution < -0.4 is 4.90 Å². The number of aromatic nitrogens is 1. The van der Waals surface area contributed by atoms with E-state index >= 15 is 0 Å². The number of benzene rings is 4. The summed E-state index contributed by atoms with van der Waals surface area (Å²) in [6, 6.07) is 32.7. The second kappa shape index (κ2) is 8.09. The third kappa shape index (κ3) is 3.78. The Morgan fingerprint density at radius 2 is 1.10 bits per heavy atom. The number of hydrogen-bond donors (Lipinski definition) is 0. The van der Waals surface area contributed by atoms with Crippen LogP contribution in [0.25, 0.3) is 22.6 Å². The lowest BCUT2D eigenvalue weighted by Crippen LogP contribution is -2.09. The summed E-state index contributed by atoms with van der Waals surface area (Å²) in [4.78, 5) is 6.82. The molecule has 0 amide bonds. The van der Waals surface area contributed by atoms with E-state index in [2.05, 4.69) is 78.1 Å². The van der Waals surface area contributed by atoms with Crippen molar-refractivity contribution in [1.82, 2.24) is 4.98 Å². The minimum absolute atomic E-state index is 0.626. The van der Waals surface area contributed by atoms with Gasteiger partial charge in [0.05, 0.1) is 0 Å². The van der Waals surface area contributed by atoms with Crippen LogP contribution in [0.4, 0.5) is 17.1 Å². The largest absolute Gasteiger partial charge is 0.436 e. The van der Waals surface area contributed by atoms with Gasteiger partial charge in [-0.25, -0.2) is 4.98 Å². The molecule has 5 rings (SSSR count). The van der Waals surface area contributed by atoms with Gasteiger partial charge in [-0.2, -0.15) is 0 Å². The zero-order valence-corrected chi connectivity index (χ0v) is 19.0. The third-order valence-electron chi connectivity index (χ3n) is 4.84. The number of fused-ring (bicyclic) bond motifs is 1. The summed E-state index contributed by atoms with van der Waals surface area (Å²) in [6.45, 7) is 0. The van der Waals surface area contributed by atoms with Crippen molar-refractivity contribution < 1.29 is 4.42 Å². The van der Waals surface area contributed by atoms with Crippen molar-refractivity contribution in [2.75, 3.05) is 4.90 Å². The van der Waals surface area contributed by atoms with Crippen molar-refractivity contribution in [1.29, 1.82) is 0 Å². The Labute approximate surface area is 191 Å². The number of nitrogens with zero attached hydrogens (tertiary/aromatic N) is 2. The van der Waals surface area contributed by atoms with Gasteiger partial charge in [0.1, 0.15) is 5.52 Å². The van der Waals surface area contributed by atoms with Gasteiger partial charge in [0, 0.05) is 31.6 Å². The molecule has 0 bridgehead atoms. The Hall–Kier alpha value is -2.89. The Morgan fingerprint density at radius 3 is 1.63 bits per heavy atom. The van der Waals surface area contributed by atoms with Gasteiger partial charge in [0.15, 0.2) is 5.58 Å². The van der Waals surface area contributed by atoms with Crippen molar-refractivity contribution in [3.63, 3.8) is 0 Å². The van der Waals surface area contributed by atoms with Crippen molar-refractivity contribution in [3.8, 4) is 11.5 Å². The van der Waals surface area contributed by atoms with Crippen LogP contribution in [0.5, 0.6) is 0 Å². The Bertz CT molecular complexity index is 1220. The van der Waals surface area contributed by atoms with E-state index in [4.69, 9.17) is 4.42 Å². The average molecular weight is 520 g/mol. The smallest absolute Gasteiger partial charge is 0.227 e. The first kappa shape index (κ1) is 19.1. The lowest BCUT2D eigenvalue weighted by Gasteiger charge is -2.25. The minimum Gasteiger partial charge on any atom is -0.436 e. The molecule has 146 valence electrons. The van der Waals surface area contributed by atoms with Crippen molar-refractivity contribution >= 4 is 60.0 Å². The molecule has 3 nitrogen and oxygen atoms in total. The van der Waals surface area contributed by atoms with Crippen LogP contribution in [-0.2, 0) is 0 Å². The van der Waals surface area contributed by atoms with E-state index in [9.17, 15) is 0 Å². The predicted molar refractivity (Wildman–Crippen MR) is 130 cm³/mol. The van der Waals surface area contributed by atoms with E-state index < -0.39 is 0 Å².